The van der Waals surface area contributed by atoms with Crippen molar-refractivity contribution >= 4 is 22.7 Å². The SMILES string of the molecule is O=S1(=O)CCCN1CC1(CS)CC1. The third-order valence-electron chi connectivity index (χ3n) is 3.01. The fraction of sp³-hybridized carbons (Fsp3) is 1.00. The van der Waals surface area contributed by atoms with Crippen LogP contribution in [0.4, 0.5) is 0 Å². The maximum Gasteiger partial charge on any atom is 0.214 e. The van der Waals surface area contributed by atoms with Crippen molar-refractivity contribution < 1.29 is 8.42 Å². The van der Waals surface area contributed by atoms with E-state index in [4.69, 9.17) is 0 Å². The average Bonchev–Trinajstić information content (AvgIpc) is 2.76. The fourth-order valence-electron chi connectivity index (χ4n) is 1.79. The molecule has 1 saturated heterocycles. The van der Waals surface area contributed by atoms with E-state index in [1.54, 1.807) is 4.31 Å². The van der Waals surface area contributed by atoms with Crippen LogP contribution in [0.2, 0.25) is 0 Å². The Hall–Kier alpha value is 0.260. The highest BCUT2D eigenvalue weighted by Crippen LogP contribution is 2.47. The van der Waals surface area contributed by atoms with Crippen LogP contribution in [-0.4, -0.2) is 37.3 Å². The Balaban J connectivity index is 2.03. The van der Waals surface area contributed by atoms with Gasteiger partial charge in [0, 0.05) is 13.1 Å². The van der Waals surface area contributed by atoms with Crippen LogP contribution in [0.15, 0.2) is 0 Å². The summed E-state index contributed by atoms with van der Waals surface area (Å²) in [5.41, 5.74) is 0.223. The molecule has 0 atom stereocenters. The lowest BCUT2D eigenvalue weighted by Crippen LogP contribution is -2.32. The average molecular weight is 221 g/mol. The van der Waals surface area contributed by atoms with Gasteiger partial charge in [-0.3, -0.25) is 0 Å². The summed E-state index contributed by atoms with van der Waals surface area (Å²) in [5, 5.41) is 0. The molecule has 0 N–H and O–H groups in total. The van der Waals surface area contributed by atoms with E-state index in [1.807, 2.05) is 0 Å². The molecule has 0 aromatic carbocycles. The van der Waals surface area contributed by atoms with E-state index in [0.717, 1.165) is 31.6 Å². The van der Waals surface area contributed by atoms with Crippen LogP contribution in [0.1, 0.15) is 19.3 Å². The zero-order valence-electron chi connectivity index (χ0n) is 7.57. The highest BCUT2D eigenvalue weighted by molar-refractivity contribution is 7.89. The first kappa shape index (κ1) is 9.80. The molecule has 3 nitrogen and oxygen atoms in total. The molecule has 1 aliphatic heterocycles. The van der Waals surface area contributed by atoms with Gasteiger partial charge in [0.1, 0.15) is 0 Å². The number of hydrogen-bond acceptors (Lipinski definition) is 3. The van der Waals surface area contributed by atoms with E-state index in [-0.39, 0.29) is 5.41 Å². The molecule has 2 fully saturated rings. The van der Waals surface area contributed by atoms with Crippen molar-refractivity contribution in [1.29, 1.82) is 0 Å². The summed E-state index contributed by atoms with van der Waals surface area (Å²) in [6, 6.07) is 0. The Morgan fingerprint density at radius 2 is 2.08 bits per heavy atom. The second kappa shape index (κ2) is 3.14. The Morgan fingerprint density at radius 1 is 1.38 bits per heavy atom. The van der Waals surface area contributed by atoms with Crippen molar-refractivity contribution in [2.24, 2.45) is 5.41 Å². The molecule has 1 heterocycles. The third-order valence-corrected chi connectivity index (χ3v) is 5.58. The molecule has 0 unspecified atom stereocenters. The molecule has 0 amide bonds. The fourth-order valence-corrected chi connectivity index (χ4v) is 3.83. The monoisotopic (exact) mass is 221 g/mol. The van der Waals surface area contributed by atoms with Gasteiger partial charge >= 0.3 is 0 Å². The molecule has 0 aromatic rings. The van der Waals surface area contributed by atoms with Crippen molar-refractivity contribution in [2.75, 3.05) is 24.6 Å². The van der Waals surface area contributed by atoms with Crippen LogP contribution < -0.4 is 0 Å². The van der Waals surface area contributed by atoms with Gasteiger partial charge in [-0.2, -0.15) is 12.6 Å². The first-order chi connectivity index (χ1) is 6.08. The van der Waals surface area contributed by atoms with Crippen molar-refractivity contribution in [3.8, 4) is 0 Å². The summed E-state index contributed by atoms with van der Waals surface area (Å²) < 4.78 is 24.6. The summed E-state index contributed by atoms with van der Waals surface area (Å²) >= 11 is 4.27. The number of nitrogens with zero attached hydrogens (tertiary/aromatic N) is 1. The second-order valence-electron chi connectivity index (χ2n) is 4.16. The van der Waals surface area contributed by atoms with Crippen molar-refractivity contribution in [1.82, 2.24) is 4.31 Å². The van der Waals surface area contributed by atoms with Crippen LogP contribution in [0.5, 0.6) is 0 Å². The van der Waals surface area contributed by atoms with Crippen molar-refractivity contribution in [3.05, 3.63) is 0 Å². The molecule has 0 spiro atoms. The molecule has 5 heteroatoms. The van der Waals surface area contributed by atoms with E-state index in [2.05, 4.69) is 12.6 Å². The van der Waals surface area contributed by atoms with Crippen LogP contribution in [-0.2, 0) is 10.0 Å². The van der Waals surface area contributed by atoms with E-state index in [1.165, 1.54) is 0 Å². The molecule has 13 heavy (non-hydrogen) atoms. The normalized spacial score (nSPS) is 30.5. The van der Waals surface area contributed by atoms with Gasteiger partial charge in [0.2, 0.25) is 10.0 Å². The number of hydrogen-bond donors (Lipinski definition) is 1. The number of rotatable bonds is 3. The molecular weight excluding hydrogens is 206 g/mol. The Labute approximate surface area is 85.0 Å². The predicted molar refractivity (Wildman–Crippen MR) is 55.5 cm³/mol. The lowest BCUT2D eigenvalue weighted by Gasteiger charge is -2.20. The van der Waals surface area contributed by atoms with Crippen LogP contribution in [0.3, 0.4) is 0 Å². The highest BCUT2D eigenvalue weighted by Gasteiger charge is 2.45. The Morgan fingerprint density at radius 3 is 2.46 bits per heavy atom. The van der Waals surface area contributed by atoms with Gasteiger partial charge in [-0.1, -0.05) is 0 Å². The molecule has 2 rings (SSSR count). The van der Waals surface area contributed by atoms with Crippen LogP contribution in [0, 0.1) is 5.41 Å². The largest absolute Gasteiger partial charge is 0.214 e. The van der Waals surface area contributed by atoms with Gasteiger partial charge < -0.3 is 0 Å². The molecule has 0 radical (unpaired) electrons. The summed E-state index contributed by atoms with van der Waals surface area (Å²) in [7, 11) is -2.89. The highest BCUT2D eigenvalue weighted by atomic mass is 32.2. The lowest BCUT2D eigenvalue weighted by atomic mass is 10.1. The Kier molecular flexibility index (Phi) is 2.37. The number of sulfonamides is 1. The molecule has 0 aromatic heterocycles. The minimum absolute atomic E-state index is 0.223. The third kappa shape index (κ3) is 1.87. The second-order valence-corrected chi connectivity index (χ2v) is 6.57. The van der Waals surface area contributed by atoms with Gasteiger partial charge in [-0.25, -0.2) is 12.7 Å². The summed E-state index contributed by atoms with van der Waals surface area (Å²) in [6.45, 7) is 1.43. The van der Waals surface area contributed by atoms with E-state index in [9.17, 15) is 8.42 Å². The molecule has 0 bridgehead atoms. The quantitative estimate of drug-likeness (QED) is 0.714. The standard InChI is InChI=1S/C8H15NO2S2/c10-13(11)5-1-4-9(13)6-8(7-12)2-3-8/h12H,1-7H2. The molecule has 76 valence electrons. The maximum absolute atomic E-state index is 11.5. The summed E-state index contributed by atoms with van der Waals surface area (Å²) in [5.74, 6) is 1.16. The predicted octanol–water partition coefficient (Wildman–Crippen LogP) is 0.732. The van der Waals surface area contributed by atoms with Gasteiger partial charge in [-0.05, 0) is 30.4 Å². The summed E-state index contributed by atoms with van der Waals surface area (Å²) in [4.78, 5) is 0. The molecule has 1 aliphatic carbocycles. The minimum Gasteiger partial charge on any atom is -0.212 e. The lowest BCUT2D eigenvalue weighted by molar-refractivity contribution is 0.368. The van der Waals surface area contributed by atoms with Crippen molar-refractivity contribution in [2.45, 2.75) is 19.3 Å². The first-order valence-corrected chi connectivity index (χ1v) is 6.91. The van der Waals surface area contributed by atoms with E-state index >= 15 is 0 Å². The molecule has 1 saturated carbocycles. The zero-order chi connectivity index (χ0) is 9.53. The van der Waals surface area contributed by atoms with Gasteiger partial charge in [0.05, 0.1) is 5.75 Å². The number of thiol groups is 1. The smallest absolute Gasteiger partial charge is 0.212 e. The van der Waals surface area contributed by atoms with Crippen LogP contribution in [0.25, 0.3) is 0 Å². The van der Waals surface area contributed by atoms with Gasteiger partial charge in [0.25, 0.3) is 0 Å². The minimum atomic E-state index is -2.89. The molecule has 2 aliphatic rings. The van der Waals surface area contributed by atoms with E-state index < -0.39 is 10.0 Å². The van der Waals surface area contributed by atoms with E-state index in [0.29, 0.717) is 12.3 Å². The zero-order valence-corrected chi connectivity index (χ0v) is 9.28. The van der Waals surface area contributed by atoms with Crippen molar-refractivity contribution in [3.63, 3.8) is 0 Å². The van der Waals surface area contributed by atoms with Crippen LogP contribution >= 0.6 is 12.6 Å². The summed E-state index contributed by atoms with van der Waals surface area (Å²) in [6.07, 6.45) is 3.08. The van der Waals surface area contributed by atoms with Gasteiger partial charge in [0.15, 0.2) is 0 Å². The van der Waals surface area contributed by atoms with Gasteiger partial charge in [-0.15, -0.1) is 0 Å². The Bertz CT molecular complexity index is 295. The maximum atomic E-state index is 11.5. The first-order valence-electron chi connectivity index (χ1n) is 4.67. The topological polar surface area (TPSA) is 37.4 Å². The molecular formula is C8H15NO2S2.